The summed E-state index contributed by atoms with van der Waals surface area (Å²) in [5, 5.41) is 0. The Balaban J connectivity index is 1.34. The lowest BCUT2D eigenvalue weighted by atomic mass is 10.2. The third kappa shape index (κ3) is 4.22. The molecule has 0 spiro atoms. The lowest BCUT2D eigenvalue weighted by Crippen LogP contribution is -2.48. The first-order chi connectivity index (χ1) is 14.2. The van der Waals surface area contributed by atoms with Gasteiger partial charge in [0.2, 0.25) is 5.91 Å². The number of nitrogens with zero attached hydrogens (tertiary/aromatic N) is 4. The lowest BCUT2D eigenvalue weighted by molar-refractivity contribution is -0.137. The van der Waals surface area contributed by atoms with Crippen LogP contribution in [-0.2, 0) is 11.0 Å². The van der Waals surface area contributed by atoms with Gasteiger partial charge in [-0.1, -0.05) is 0 Å². The fraction of sp³-hybridized carbons (Fsp3) is 0.455. The van der Waals surface area contributed by atoms with Crippen LogP contribution in [0.5, 0.6) is 0 Å². The molecule has 2 fully saturated rings. The first-order valence-electron chi connectivity index (χ1n) is 10.2. The van der Waals surface area contributed by atoms with Crippen LogP contribution in [0.15, 0.2) is 30.5 Å². The number of hydrogen-bond acceptors (Lipinski definition) is 3. The second-order valence-electron chi connectivity index (χ2n) is 7.98. The van der Waals surface area contributed by atoms with E-state index in [-0.39, 0.29) is 5.91 Å². The minimum Gasteiger partial charge on any atom is -0.353 e. The van der Waals surface area contributed by atoms with E-state index < -0.39 is 11.7 Å². The van der Waals surface area contributed by atoms with Crippen molar-refractivity contribution >= 4 is 17.8 Å². The second kappa shape index (κ2) is 7.81. The molecule has 4 rings (SSSR count). The van der Waals surface area contributed by atoms with Crippen molar-refractivity contribution in [3.05, 3.63) is 53.0 Å². The van der Waals surface area contributed by atoms with Gasteiger partial charge >= 0.3 is 6.18 Å². The monoisotopic (exact) mass is 418 g/mol. The quantitative estimate of drug-likeness (QED) is 0.699. The van der Waals surface area contributed by atoms with Gasteiger partial charge in [-0.25, -0.2) is 4.98 Å². The van der Waals surface area contributed by atoms with E-state index in [1.165, 1.54) is 30.3 Å². The number of carbonyl (C=O) groups excluding carboxylic acids is 1. The summed E-state index contributed by atoms with van der Waals surface area (Å²) in [6.07, 6.45) is 2.40. The molecule has 160 valence electrons. The third-order valence-electron chi connectivity index (χ3n) is 5.83. The van der Waals surface area contributed by atoms with E-state index in [0.29, 0.717) is 38.0 Å². The van der Waals surface area contributed by atoms with E-state index in [2.05, 4.69) is 29.5 Å². The Morgan fingerprint density at radius 2 is 1.83 bits per heavy atom. The summed E-state index contributed by atoms with van der Waals surface area (Å²) in [5.41, 5.74) is 2.73. The summed E-state index contributed by atoms with van der Waals surface area (Å²) in [6.45, 7) is 6.27. The van der Waals surface area contributed by atoms with Gasteiger partial charge in [-0.3, -0.25) is 4.79 Å². The maximum Gasteiger partial charge on any atom is 0.417 e. The molecule has 1 aliphatic heterocycles. The molecule has 1 aliphatic carbocycles. The van der Waals surface area contributed by atoms with E-state index in [0.717, 1.165) is 17.8 Å². The van der Waals surface area contributed by atoms with Gasteiger partial charge in [0.15, 0.2) is 0 Å². The Bertz CT molecular complexity index is 950. The topological polar surface area (TPSA) is 41.4 Å². The van der Waals surface area contributed by atoms with Crippen LogP contribution >= 0.6 is 0 Å². The standard InChI is InChI=1S/C22H25F3N4O/c1-15-13-17(16(2)29(15)19-5-6-19)3-8-21(30)28-11-9-27(10-12-28)20-7-4-18(14-26-20)22(23,24)25/h3-4,7-8,13-14,19H,5-6,9-12H2,1-2H3. The number of hydrogen-bond donors (Lipinski definition) is 0. The molecule has 8 heteroatoms. The predicted molar refractivity (Wildman–Crippen MR) is 109 cm³/mol. The Kier molecular flexibility index (Phi) is 5.34. The number of piperazine rings is 1. The molecule has 0 atom stereocenters. The summed E-state index contributed by atoms with van der Waals surface area (Å²) in [6, 6.07) is 5.15. The van der Waals surface area contributed by atoms with Crippen LogP contribution in [0.25, 0.3) is 6.08 Å². The van der Waals surface area contributed by atoms with Crippen molar-refractivity contribution < 1.29 is 18.0 Å². The highest BCUT2D eigenvalue weighted by Gasteiger charge is 2.31. The van der Waals surface area contributed by atoms with Gasteiger partial charge in [0, 0.05) is 55.9 Å². The molecule has 0 N–H and O–H groups in total. The predicted octanol–water partition coefficient (Wildman–Crippen LogP) is 4.22. The maximum absolute atomic E-state index is 12.7. The molecule has 0 bridgehead atoms. The number of alkyl halides is 3. The van der Waals surface area contributed by atoms with E-state index in [9.17, 15) is 18.0 Å². The Morgan fingerprint density at radius 3 is 2.40 bits per heavy atom. The molecule has 5 nitrogen and oxygen atoms in total. The maximum atomic E-state index is 12.7. The molecule has 0 radical (unpaired) electrons. The van der Waals surface area contributed by atoms with Gasteiger partial charge in [0.1, 0.15) is 5.82 Å². The number of aromatic nitrogens is 2. The molecule has 1 saturated heterocycles. The Labute approximate surface area is 173 Å². The van der Waals surface area contributed by atoms with Gasteiger partial charge in [0.05, 0.1) is 5.56 Å². The number of anilines is 1. The van der Waals surface area contributed by atoms with Crippen LogP contribution in [0, 0.1) is 13.8 Å². The summed E-state index contributed by atoms with van der Waals surface area (Å²) in [5.74, 6) is 0.449. The van der Waals surface area contributed by atoms with Crippen molar-refractivity contribution in [3.8, 4) is 0 Å². The van der Waals surface area contributed by atoms with Crippen molar-refractivity contribution in [2.45, 2.75) is 38.9 Å². The third-order valence-corrected chi connectivity index (χ3v) is 5.83. The first kappa shape index (κ1) is 20.5. The molecule has 0 aromatic carbocycles. The SMILES string of the molecule is Cc1cc(C=CC(=O)N2CCN(c3ccc(C(F)(F)F)cn3)CC2)c(C)n1C1CC1. The van der Waals surface area contributed by atoms with Crippen molar-refractivity contribution in [1.29, 1.82) is 0 Å². The van der Waals surface area contributed by atoms with Crippen molar-refractivity contribution in [2.75, 3.05) is 31.1 Å². The van der Waals surface area contributed by atoms with Gasteiger partial charge in [-0.15, -0.1) is 0 Å². The highest BCUT2D eigenvalue weighted by atomic mass is 19.4. The van der Waals surface area contributed by atoms with Crippen LogP contribution in [0.2, 0.25) is 0 Å². The zero-order chi connectivity index (χ0) is 21.5. The van der Waals surface area contributed by atoms with Gasteiger partial charge in [-0.2, -0.15) is 13.2 Å². The Morgan fingerprint density at radius 1 is 1.13 bits per heavy atom. The largest absolute Gasteiger partial charge is 0.417 e. The lowest BCUT2D eigenvalue weighted by Gasteiger charge is -2.35. The van der Waals surface area contributed by atoms with Crippen LogP contribution in [0.3, 0.4) is 0 Å². The number of carbonyl (C=O) groups is 1. The average molecular weight is 418 g/mol. The first-order valence-corrected chi connectivity index (χ1v) is 10.2. The van der Waals surface area contributed by atoms with Crippen molar-refractivity contribution in [1.82, 2.24) is 14.5 Å². The molecule has 2 aromatic rings. The highest BCUT2D eigenvalue weighted by molar-refractivity contribution is 5.92. The van der Waals surface area contributed by atoms with Gasteiger partial charge in [-0.05, 0) is 56.5 Å². The minimum atomic E-state index is -4.39. The fourth-order valence-corrected chi connectivity index (χ4v) is 4.03. The second-order valence-corrected chi connectivity index (χ2v) is 7.98. The van der Waals surface area contributed by atoms with E-state index >= 15 is 0 Å². The molecular formula is C22H25F3N4O. The molecular weight excluding hydrogens is 393 g/mol. The van der Waals surface area contributed by atoms with Crippen molar-refractivity contribution in [2.24, 2.45) is 0 Å². The number of pyridine rings is 1. The Hall–Kier alpha value is -2.77. The molecule has 3 heterocycles. The van der Waals surface area contributed by atoms with Crippen LogP contribution < -0.4 is 4.90 Å². The number of halogens is 3. The van der Waals surface area contributed by atoms with Crippen LogP contribution in [-0.4, -0.2) is 46.5 Å². The van der Waals surface area contributed by atoms with E-state index in [1.807, 2.05) is 11.0 Å². The zero-order valence-electron chi connectivity index (χ0n) is 17.1. The summed E-state index contributed by atoms with van der Waals surface area (Å²) >= 11 is 0. The smallest absolute Gasteiger partial charge is 0.353 e. The number of amides is 1. The molecule has 1 amide bonds. The van der Waals surface area contributed by atoms with Crippen molar-refractivity contribution in [3.63, 3.8) is 0 Å². The van der Waals surface area contributed by atoms with Crippen LogP contribution in [0.1, 0.15) is 41.4 Å². The zero-order valence-corrected chi connectivity index (χ0v) is 17.1. The molecule has 2 aromatic heterocycles. The molecule has 0 unspecified atom stereocenters. The number of rotatable bonds is 4. The summed E-state index contributed by atoms with van der Waals surface area (Å²) < 4.78 is 40.4. The molecule has 2 aliphatic rings. The molecule has 1 saturated carbocycles. The van der Waals surface area contributed by atoms with E-state index in [4.69, 9.17) is 0 Å². The van der Waals surface area contributed by atoms with Crippen LogP contribution in [0.4, 0.5) is 19.0 Å². The highest BCUT2D eigenvalue weighted by Crippen LogP contribution is 2.38. The molecule has 30 heavy (non-hydrogen) atoms. The fourth-order valence-electron chi connectivity index (χ4n) is 4.03. The number of aryl methyl sites for hydroxylation is 1. The average Bonchev–Trinajstić information content (AvgIpc) is 3.51. The van der Waals surface area contributed by atoms with Gasteiger partial charge in [0.25, 0.3) is 0 Å². The summed E-state index contributed by atoms with van der Waals surface area (Å²) in [4.78, 5) is 20.2. The minimum absolute atomic E-state index is 0.0498. The van der Waals surface area contributed by atoms with E-state index in [1.54, 1.807) is 11.0 Å². The van der Waals surface area contributed by atoms with Gasteiger partial charge < -0.3 is 14.4 Å². The summed E-state index contributed by atoms with van der Waals surface area (Å²) in [7, 11) is 0. The normalized spacial score (nSPS) is 17.8.